The highest BCUT2D eigenvalue weighted by Crippen LogP contribution is 2.38. The smallest absolute Gasteiger partial charge is 0.348 e. The number of ketones is 1. The zero-order valence-corrected chi connectivity index (χ0v) is 20.5. The summed E-state index contributed by atoms with van der Waals surface area (Å²) in [5, 5.41) is 2.51. The van der Waals surface area contributed by atoms with E-state index in [9.17, 15) is 9.59 Å². The maximum Gasteiger partial charge on any atom is 0.348 e. The Morgan fingerprint density at radius 2 is 1.81 bits per heavy atom. The number of hydrogen-bond acceptors (Lipinski definition) is 7. The highest BCUT2D eigenvalue weighted by molar-refractivity contribution is 7.10. The predicted octanol–water partition coefficient (Wildman–Crippen LogP) is 7.40. The van der Waals surface area contributed by atoms with E-state index in [1.807, 2.05) is 54.8 Å². The third-order valence-corrected chi connectivity index (χ3v) is 6.70. The number of esters is 1. The lowest BCUT2D eigenvalue weighted by atomic mass is 10.1. The molecule has 1 aliphatic heterocycles. The number of thiophene rings is 1. The minimum atomic E-state index is -0.593. The Labute approximate surface area is 216 Å². The minimum absolute atomic E-state index is 0.211. The first-order valence-corrected chi connectivity index (χ1v) is 12.6. The van der Waals surface area contributed by atoms with Gasteiger partial charge in [-0.25, -0.2) is 4.79 Å². The summed E-state index contributed by atoms with van der Waals surface area (Å²) < 4.78 is 23.3. The van der Waals surface area contributed by atoms with Gasteiger partial charge in [0, 0.05) is 28.0 Å². The van der Waals surface area contributed by atoms with Crippen molar-refractivity contribution >= 4 is 40.1 Å². The number of furan rings is 1. The summed E-state index contributed by atoms with van der Waals surface area (Å²) in [7, 11) is 0. The monoisotopic (exact) mass is 508 g/mol. The minimum Gasteiger partial charge on any atom is -0.494 e. The van der Waals surface area contributed by atoms with Crippen LogP contribution in [-0.2, 0) is 0 Å². The molecule has 182 valence electrons. The first kappa shape index (κ1) is 22.8. The van der Waals surface area contributed by atoms with Crippen molar-refractivity contribution in [3.8, 4) is 28.6 Å². The van der Waals surface area contributed by atoms with Gasteiger partial charge in [-0.1, -0.05) is 36.4 Å². The number of Topliss-reactive ketones (excluding diaryl/α,β-unsaturated/α-hetero) is 1. The molecule has 3 aromatic carbocycles. The molecular weight excluding hydrogens is 488 g/mol. The fraction of sp³-hybridized carbons (Fsp3) is 0.0667. The van der Waals surface area contributed by atoms with Crippen LogP contribution in [0, 0.1) is 0 Å². The topological polar surface area (TPSA) is 75.0 Å². The van der Waals surface area contributed by atoms with Gasteiger partial charge < -0.3 is 18.6 Å². The third kappa shape index (κ3) is 4.30. The molecule has 0 aliphatic carbocycles. The van der Waals surface area contributed by atoms with Crippen LogP contribution >= 0.6 is 11.3 Å². The van der Waals surface area contributed by atoms with Crippen LogP contribution in [0.3, 0.4) is 0 Å². The van der Waals surface area contributed by atoms with E-state index in [1.54, 1.807) is 42.5 Å². The SMILES string of the molecule is CCOc1ccc2oc(-c3ccccc3)c(C(=O)Oc3ccc4c(c3)O/C(=C\c3cccs3)C4=O)c2c1. The number of rotatable bonds is 6. The summed E-state index contributed by atoms with van der Waals surface area (Å²) in [4.78, 5) is 27.2. The fourth-order valence-corrected chi connectivity index (χ4v) is 4.87. The Morgan fingerprint density at radius 1 is 0.973 bits per heavy atom. The van der Waals surface area contributed by atoms with Crippen LogP contribution in [0.2, 0.25) is 0 Å². The van der Waals surface area contributed by atoms with Crippen molar-refractivity contribution in [2.45, 2.75) is 6.92 Å². The molecular formula is C30H20O6S. The molecule has 1 aliphatic rings. The normalized spacial score (nSPS) is 13.5. The second-order valence-corrected chi connectivity index (χ2v) is 9.25. The van der Waals surface area contributed by atoms with Crippen molar-refractivity contribution in [3.05, 3.63) is 106 Å². The molecule has 6 rings (SSSR count). The van der Waals surface area contributed by atoms with Gasteiger partial charge >= 0.3 is 5.97 Å². The molecule has 0 unspecified atom stereocenters. The molecule has 0 amide bonds. The Balaban J connectivity index is 1.35. The van der Waals surface area contributed by atoms with Gasteiger partial charge in [0.2, 0.25) is 5.78 Å². The summed E-state index contributed by atoms with van der Waals surface area (Å²) >= 11 is 1.51. The summed E-state index contributed by atoms with van der Waals surface area (Å²) in [6.45, 7) is 2.39. The summed E-state index contributed by atoms with van der Waals surface area (Å²) in [6, 6.07) is 23.3. The summed E-state index contributed by atoms with van der Waals surface area (Å²) in [6.07, 6.45) is 1.71. The van der Waals surface area contributed by atoms with Crippen LogP contribution in [0.25, 0.3) is 28.4 Å². The number of ether oxygens (including phenoxy) is 3. The van der Waals surface area contributed by atoms with Crippen molar-refractivity contribution in [2.24, 2.45) is 0 Å². The number of carbonyl (C=O) groups is 2. The Kier molecular flexibility index (Phi) is 5.82. The molecule has 37 heavy (non-hydrogen) atoms. The van der Waals surface area contributed by atoms with Crippen LogP contribution in [-0.4, -0.2) is 18.4 Å². The zero-order chi connectivity index (χ0) is 25.4. The lowest BCUT2D eigenvalue weighted by Gasteiger charge is -2.07. The van der Waals surface area contributed by atoms with Crippen LogP contribution in [0.1, 0.15) is 32.5 Å². The van der Waals surface area contributed by atoms with E-state index in [0.29, 0.717) is 46.0 Å². The molecule has 5 aromatic rings. The maximum atomic E-state index is 13.6. The van der Waals surface area contributed by atoms with Gasteiger partial charge in [-0.2, -0.15) is 0 Å². The summed E-state index contributed by atoms with van der Waals surface area (Å²) in [5.41, 5.74) is 2.00. The lowest BCUT2D eigenvalue weighted by Crippen LogP contribution is -2.09. The lowest BCUT2D eigenvalue weighted by molar-refractivity contribution is 0.0736. The second kappa shape index (κ2) is 9.44. The van der Waals surface area contributed by atoms with E-state index in [-0.39, 0.29) is 17.3 Å². The molecule has 0 saturated heterocycles. The molecule has 2 aromatic heterocycles. The van der Waals surface area contributed by atoms with E-state index in [4.69, 9.17) is 18.6 Å². The molecule has 0 saturated carbocycles. The van der Waals surface area contributed by atoms with E-state index in [2.05, 4.69) is 0 Å². The number of allylic oxidation sites excluding steroid dienone is 1. The first-order chi connectivity index (χ1) is 18.1. The van der Waals surface area contributed by atoms with E-state index < -0.39 is 5.97 Å². The highest BCUT2D eigenvalue weighted by Gasteiger charge is 2.29. The Morgan fingerprint density at radius 3 is 2.59 bits per heavy atom. The van der Waals surface area contributed by atoms with Gasteiger partial charge in [-0.3, -0.25) is 4.79 Å². The highest BCUT2D eigenvalue weighted by atomic mass is 32.1. The van der Waals surface area contributed by atoms with Crippen LogP contribution in [0.5, 0.6) is 17.2 Å². The summed E-state index contributed by atoms with van der Waals surface area (Å²) in [5.74, 6) is 1.06. The van der Waals surface area contributed by atoms with Crippen LogP contribution in [0.15, 0.2) is 94.4 Å². The molecule has 0 atom stereocenters. The molecule has 6 nitrogen and oxygen atoms in total. The van der Waals surface area contributed by atoms with Crippen LogP contribution < -0.4 is 14.2 Å². The molecule has 0 bridgehead atoms. The molecule has 0 spiro atoms. The van der Waals surface area contributed by atoms with Gasteiger partial charge in [0.25, 0.3) is 0 Å². The van der Waals surface area contributed by atoms with Crippen molar-refractivity contribution < 1.29 is 28.2 Å². The fourth-order valence-electron chi connectivity index (χ4n) is 4.22. The molecule has 7 heteroatoms. The van der Waals surface area contributed by atoms with Crippen molar-refractivity contribution in [1.29, 1.82) is 0 Å². The Bertz CT molecular complexity index is 1660. The number of fused-ring (bicyclic) bond motifs is 2. The average molecular weight is 509 g/mol. The van der Waals surface area contributed by atoms with E-state index in [0.717, 1.165) is 10.4 Å². The molecule has 0 N–H and O–H groups in total. The maximum absolute atomic E-state index is 13.6. The van der Waals surface area contributed by atoms with Crippen molar-refractivity contribution in [1.82, 2.24) is 0 Å². The Hall–Kier alpha value is -4.62. The molecule has 0 fully saturated rings. The quantitative estimate of drug-likeness (QED) is 0.135. The number of hydrogen-bond donors (Lipinski definition) is 0. The average Bonchev–Trinajstić information content (AvgIpc) is 3.63. The largest absolute Gasteiger partial charge is 0.494 e. The van der Waals surface area contributed by atoms with Gasteiger partial charge in [0.1, 0.15) is 34.2 Å². The van der Waals surface area contributed by atoms with E-state index in [1.165, 1.54) is 11.3 Å². The molecule has 3 heterocycles. The van der Waals surface area contributed by atoms with Crippen molar-refractivity contribution in [3.63, 3.8) is 0 Å². The van der Waals surface area contributed by atoms with Gasteiger partial charge in [-0.05, 0) is 48.7 Å². The zero-order valence-electron chi connectivity index (χ0n) is 19.7. The second-order valence-electron chi connectivity index (χ2n) is 8.27. The van der Waals surface area contributed by atoms with Gasteiger partial charge in [0.15, 0.2) is 5.76 Å². The van der Waals surface area contributed by atoms with Crippen LogP contribution in [0.4, 0.5) is 0 Å². The van der Waals surface area contributed by atoms with E-state index >= 15 is 0 Å². The number of benzene rings is 3. The standard InChI is InChI=1S/C30H20O6S/c1-2-33-19-11-13-24-23(15-19)27(29(36-24)18-7-4-3-5-8-18)30(32)34-20-10-12-22-25(16-20)35-26(28(22)31)17-21-9-6-14-37-21/h3-17H,2H2,1H3/b26-17-. The molecule has 0 radical (unpaired) electrons. The third-order valence-electron chi connectivity index (χ3n) is 5.88. The van der Waals surface area contributed by atoms with Crippen molar-refractivity contribution in [2.75, 3.05) is 6.61 Å². The first-order valence-electron chi connectivity index (χ1n) is 11.7. The number of carbonyl (C=O) groups excluding carboxylic acids is 2. The van der Waals surface area contributed by atoms with Gasteiger partial charge in [0.05, 0.1) is 12.2 Å². The predicted molar refractivity (Wildman–Crippen MR) is 141 cm³/mol. The van der Waals surface area contributed by atoms with Gasteiger partial charge in [-0.15, -0.1) is 11.3 Å².